The molecule has 0 N–H and O–H groups in total. The molecule has 8 aromatic rings. The molecule has 5 nitrogen and oxygen atoms in total. The number of aromatic nitrogens is 5. The number of fused-ring (bicyclic) bond motifs is 5. The van der Waals surface area contributed by atoms with Crippen molar-refractivity contribution in [1.82, 2.24) is 24.1 Å². The highest BCUT2D eigenvalue weighted by Gasteiger charge is 2.36. The van der Waals surface area contributed by atoms with E-state index >= 15 is 0 Å². The van der Waals surface area contributed by atoms with Crippen molar-refractivity contribution in [3.8, 4) is 34.0 Å². The van der Waals surface area contributed by atoms with Gasteiger partial charge in [-0.1, -0.05) is 74.5 Å². The predicted molar refractivity (Wildman–Crippen MR) is 174 cm³/mol. The van der Waals surface area contributed by atoms with Gasteiger partial charge in [-0.15, -0.1) is 0 Å². The summed E-state index contributed by atoms with van der Waals surface area (Å²) in [6.45, 7) is 4.64. The van der Waals surface area contributed by atoms with Crippen molar-refractivity contribution >= 4 is 32.8 Å². The van der Waals surface area contributed by atoms with Gasteiger partial charge in [-0.05, 0) is 76.9 Å². The molecule has 0 atom stereocenters. The van der Waals surface area contributed by atoms with Gasteiger partial charge in [0.15, 0.2) is 5.82 Å². The highest BCUT2D eigenvalue weighted by molar-refractivity contribution is 6.10. The van der Waals surface area contributed by atoms with E-state index in [1.807, 2.05) is 6.07 Å². The first kappa shape index (κ1) is 24.1. The van der Waals surface area contributed by atoms with Gasteiger partial charge in [0.1, 0.15) is 12.0 Å². The number of hydrogen-bond donors (Lipinski definition) is 0. The van der Waals surface area contributed by atoms with Crippen LogP contribution in [0.15, 0.2) is 128 Å². The van der Waals surface area contributed by atoms with E-state index in [4.69, 9.17) is 4.98 Å². The lowest BCUT2D eigenvalue weighted by Gasteiger charge is -2.35. The Hall–Kier alpha value is -5.55. The Labute approximate surface area is 248 Å². The second-order valence-corrected chi connectivity index (χ2v) is 11.8. The van der Waals surface area contributed by atoms with Gasteiger partial charge in [-0.25, -0.2) is 15.0 Å². The molecule has 4 heterocycles. The van der Waals surface area contributed by atoms with Gasteiger partial charge in [-0.2, -0.15) is 0 Å². The monoisotopic (exact) mass is 553 g/mol. The number of benzene rings is 5. The van der Waals surface area contributed by atoms with E-state index in [1.165, 1.54) is 49.7 Å². The summed E-state index contributed by atoms with van der Waals surface area (Å²) in [6.07, 6.45) is 3.36. The summed E-state index contributed by atoms with van der Waals surface area (Å²) in [5.74, 6) is 0.837. The molecule has 0 saturated heterocycles. The van der Waals surface area contributed by atoms with E-state index in [-0.39, 0.29) is 5.41 Å². The highest BCUT2D eigenvalue weighted by atomic mass is 15.1. The highest BCUT2D eigenvalue weighted by Crippen LogP contribution is 2.47. The first-order valence-corrected chi connectivity index (χ1v) is 14.6. The van der Waals surface area contributed by atoms with Crippen LogP contribution in [0, 0.1) is 0 Å². The summed E-state index contributed by atoms with van der Waals surface area (Å²) in [5.41, 5.74) is 12.4. The first-order chi connectivity index (χ1) is 21.1. The maximum Gasteiger partial charge on any atom is 0.164 e. The average Bonchev–Trinajstić information content (AvgIpc) is 3.61. The first-order valence-electron chi connectivity index (χ1n) is 14.6. The van der Waals surface area contributed by atoms with Crippen LogP contribution in [-0.2, 0) is 5.41 Å². The van der Waals surface area contributed by atoms with Crippen molar-refractivity contribution in [1.29, 1.82) is 0 Å². The Morgan fingerprint density at radius 2 is 1.42 bits per heavy atom. The number of imidazole rings is 1. The normalized spacial score (nSPS) is 13.5. The fraction of sp³-hybridized carbons (Fsp3) is 0.0789. The summed E-state index contributed by atoms with van der Waals surface area (Å²) in [4.78, 5) is 13.8. The van der Waals surface area contributed by atoms with E-state index in [0.717, 1.165) is 28.2 Å². The maximum atomic E-state index is 5.06. The molecule has 0 saturated carbocycles. The predicted octanol–water partition coefficient (Wildman–Crippen LogP) is 8.89. The van der Waals surface area contributed by atoms with E-state index in [9.17, 15) is 0 Å². The number of para-hydroxylation sites is 3. The van der Waals surface area contributed by atoms with Crippen LogP contribution in [0.5, 0.6) is 0 Å². The second-order valence-electron chi connectivity index (χ2n) is 11.8. The molecule has 0 unspecified atom stereocenters. The van der Waals surface area contributed by atoms with Gasteiger partial charge >= 0.3 is 0 Å². The third kappa shape index (κ3) is 3.36. The van der Waals surface area contributed by atoms with Gasteiger partial charge in [0.25, 0.3) is 0 Å². The zero-order valence-electron chi connectivity index (χ0n) is 23.9. The average molecular weight is 554 g/mol. The minimum Gasteiger partial charge on any atom is -0.309 e. The Morgan fingerprint density at radius 1 is 0.628 bits per heavy atom. The molecule has 204 valence electrons. The van der Waals surface area contributed by atoms with E-state index < -0.39 is 0 Å². The van der Waals surface area contributed by atoms with E-state index in [1.54, 1.807) is 12.5 Å². The largest absolute Gasteiger partial charge is 0.309 e. The fourth-order valence-corrected chi connectivity index (χ4v) is 7.02. The molecule has 0 radical (unpaired) electrons. The zero-order valence-corrected chi connectivity index (χ0v) is 23.9. The summed E-state index contributed by atoms with van der Waals surface area (Å²) in [5, 5.41) is 2.51. The van der Waals surface area contributed by atoms with Crippen molar-refractivity contribution in [3.05, 3.63) is 139 Å². The summed E-state index contributed by atoms with van der Waals surface area (Å²) in [6, 6.07) is 41.4. The van der Waals surface area contributed by atoms with Crippen LogP contribution in [0.2, 0.25) is 0 Å². The third-order valence-corrected chi connectivity index (χ3v) is 9.09. The molecule has 1 aliphatic rings. The Balaban J connectivity index is 1.27. The molecule has 0 fully saturated rings. The Morgan fingerprint density at radius 3 is 2.28 bits per heavy atom. The van der Waals surface area contributed by atoms with Crippen molar-refractivity contribution in [2.45, 2.75) is 19.3 Å². The van der Waals surface area contributed by atoms with E-state index in [2.05, 4.69) is 142 Å². The summed E-state index contributed by atoms with van der Waals surface area (Å²) in [7, 11) is 0. The van der Waals surface area contributed by atoms with Gasteiger partial charge in [-0.3, -0.25) is 4.57 Å². The molecule has 43 heavy (non-hydrogen) atoms. The van der Waals surface area contributed by atoms with Crippen LogP contribution in [-0.4, -0.2) is 24.1 Å². The zero-order chi connectivity index (χ0) is 28.7. The fourth-order valence-electron chi connectivity index (χ4n) is 7.02. The number of nitrogens with zero attached hydrogens (tertiary/aromatic N) is 5. The molecule has 0 spiro atoms. The Kier molecular flexibility index (Phi) is 4.89. The second kappa shape index (κ2) is 8.73. The SMILES string of the molecule is CC1(C)c2cc(-c3ccc4c(c3)c3ccccc3n4-c3ccccc3)ccc2-n2c(-c3ccncn3)nc3cccc1c32. The van der Waals surface area contributed by atoms with Crippen LogP contribution in [0.3, 0.4) is 0 Å². The maximum absolute atomic E-state index is 5.06. The van der Waals surface area contributed by atoms with Gasteiger partial charge in [0.05, 0.1) is 27.8 Å². The van der Waals surface area contributed by atoms with Gasteiger partial charge < -0.3 is 4.57 Å². The van der Waals surface area contributed by atoms with Crippen LogP contribution in [0.25, 0.3) is 66.9 Å². The smallest absolute Gasteiger partial charge is 0.164 e. The van der Waals surface area contributed by atoms with Crippen LogP contribution in [0.1, 0.15) is 25.0 Å². The molecule has 9 rings (SSSR count). The molecule has 0 bridgehead atoms. The van der Waals surface area contributed by atoms with Gasteiger partial charge in [0, 0.05) is 28.1 Å². The molecule has 3 aromatic heterocycles. The number of hydrogen-bond acceptors (Lipinski definition) is 3. The third-order valence-electron chi connectivity index (χ3n) is 9.09. The van der Waals surface area contributed by atoms with Crippen molar-refractivity contribution < 1.29 is 0 Å². The van der Waals surface area contributed by atoms with Crippen LogP contribution >= 0.6 is 0 Å². The van der Waals surface area contributed by atoms with Gasteiger partial charge in [0.2, 0.25) is 0 Å². The molecule has 1 aliphatic heterocycles. The van der Waals surface area contributed by atoms with Crippen LogP contribution < -0.4 is 0 Å². The van der Waals surface area contributed by atoms with Crippen molar-refractivity contribution in [2.75, 3.05) is 0 Å². The topological polar surface area (TPSA) is 48.5 Å². The van der Waals surface area contributed by atoms with Crippen molar-refractivity contribution in [2.24, 2.45) is 0 Å². The lowest BCUT2D eigenvalue weighted by molar-refractivity contribution is 0.629. The molecular weight excluding hydrogens is 526 g/mol. The molecule has 0 aliphatic carbocycles. The Bertz CT molecular complexity index is 2360. The quantitative estimate of drug-likeness (QED) is 0.220. The lowest BCUT2D eigenvalue weighted by atomic mass is 9.74. The molecule has 5 aromatic carbocycles. The van der Waals surface area contributed by atoms with Crippen LogP contribution in [0.4, 0.5) is 0 Å². The summed E-state index contributed by atoms with van der Waals surface area (Å²) >= 11 is 0. The summed E-state index contributed by atoms with van der Waals surface area (Å²) < 4.78 is 4.65. The minimum absolute atomic E-state index is 0.211. The standard InChI is InChI=1S/C38H27N5/c1-38(2)29-12-8-13-31-36(29)43(37(41-31)32-19-20-39-23-40-32)35-18-16-25(22-30(35)38)24-15-17-34-28(21-24)27-11-6-7-14-33(27)42(34)26-9-4-3-5-10-26/h3-23H,1-2H3. The van der Waals surface area contributed by atoms with E-state index in [0.29, 0.717) is 0 Å². The van der Waals surface area contributed by atoms with Crippen molar-refractivity contribution in [3.63, 3.8) is 0 Å². The molecular formula is C38H27N5. The minimum atomic E-state index is -0.211. The molecule has 5 heteroatoms. The molecule has 0 amide bonds. The number of rotatable bonds is 3. The lowest BCUT2D eigenvalue weighted by Crippen LogP contribution is -2.26.